The van der Waals surface area contributed by atoms with Gasteiger partial charge in [0.05, 0.1) is 18.1 Å². The van der Waals surface area contributed by atoms with Crippen molar-refractivity contribution in [2.45, 2.75) is 13.0 Å². The summed E-state index contributed by atoms with van der Waals surface area (Å²) in [7, 11) is 1.41. The molecule has 0 bridgehead atoms. The van der Waals surface area contributed by atoms with Gasteiger partial charge in [-0.15, -0.1) is 0 Å². The molecule has 0 saturated heterocycles. The molecule has 24 heavy (non-hydrogen) atoms. The molecule has 1 aromatic heterocycles. The minimum atomic E-state index is -2.89. The van der Waals surface area contributed by atoms with E-state index in [1.165, 1.54) is 7.11 Å². The molecule has 0 fully saturated rings. The van der Waals surface area contributed by atoms with Gasteiger partial charge >= 0.3 is 6.61 Å². The molecule has 0 aliphatic carbocycles. The average Bonchev–Trinajstić information content (AvgIpc) is 2.97. The Labute approximate surface area is 137 Å². The quantitative estimate of drug-likeness (QED) is 0.690. The standard InChI is InChI=1S/C17H17F2N3O2/c1-23-14-7-6-11(10-15(14)24-16(18)19)8-9-20-17-21-12-4-2-3-5-13(12)22-17/h2-7,10,16H,8-9H2,1H3,(H2,20,21,22). The molecule has 2 N–H and O–H groups in total. The van der Waals surface area contributed by atoms with Crippen molar-refractivity contribution in [3.63, 3.8) is 0 Å². The number of H-pyrrole nitrogens is 1. The first-order chi connectivity index (χ1) is 11.7. The molecule has 0 atom stereocenters. The van der Waals surface area contributed by atoms with E-state index >= 15 is 0 Å². The van der Waals surface area contributed by atoms with Crippen LogP contribution < -0.4 is 14.8 Å². The fourth-order valence-electron chi connectivity index (χ4n) is 2.43. The Morgan fingerprint density at radius 2 is 2.00 bits per heavy atom. The van der Waals surface area contributed by atoms with E-state index in [2.05, 4.69) is 20.0 Å². The number of aromatic amines is 1. The number of fused-ring (bicyclic) bond motifs is 1. The van der Waals surface area contributed by atoms with Crippen LogP contribution in [0.5, 0.6) is 11.5 Å². The van der Waals surface area contributed by atoms with Crippen LogP contribution in [0, 0.1) is 0 Å². The van der Waals surface area contributed by atoms with Crippen LogP contribution in [-0.2, 0) is 6.42 Å². The Morgan fingerprint density at radius 1 is 1.17 bits per heavy atom. The lowest BCUT2D eigenvalue weighted by Gasteiger charge is -2.11. The number of anilines is 1. The first-order valence-electron chi connectivity index (χ1n) is 7.46. The Bertz CT molecular complexity index is 787. The van der Waals surface area contributed by atoms with E-state index in [4.69, 9.17) is 4.74 Å². The summed E-state index contributed by atoms with van der Waals surface area (Å²) in [6.45, 7) is -2.29. The number of aromatic nitrogens is 2. The predicted molar refractivity (Wildman–Crippen MR) is 87.9 cm³/mol. The Hall–Kier alpha value is -2.83. The fraction of sp³-hybridized carbons (Fsp3) is 0.235. The van der Waals surface area contributed by atoms with Crippen LogP contribution in [-0.4, -0.2) is 30.2 Å². The number of nitrogens with zero attached hydrogens (tertiary/aromatic N) is 1. The number of alkyl halides is 2. The molecule has 0 saturated carbocycles. The van der Waals surface area contributed by atoms with Crippen LogP contribution in [0.4, 0.5) is 14.7 Å². The van der Waals surface area contributed by atoms with Crippen molar-refractivity contribution in [3.8, 4) is 11.5 Å². The molecular weight excluding hydrogens is 316 g/mol. The third kappa shape index (κ3) is 3.73. The van der Waals surface area contributed by atoms with E-state index in [1.807, 2.05) is 30.3 Å². The molecule has 0 amide bonds. The van der Waals surface area contributed by atoms with Gasteiger partial charge in [-0.2, -0.15) is 8.78 Å². The van der Waals surface area contributed by atoms with E-state index in [9.17, 15) is 8.78 Å². The first kappa shape index (κ1) is 16.0. The zero-order valence-electron chi connectivity index (χ0n) is 13.1. The summed E-state index contributed by atoms with van der Waals surface area (Å²) in [5, 5.41) is 3.18. The second-order valence-electron chi connectivity index (χ2n) is 5.14. The van der Waals surface area contributed by atoms with Gasteiger partial charge in [0, 0.05) is 6.54 Å². The first-order valence-corrected chi connectivity index (χ1v) is 7.46. The highest BCUT2D eigenvalue weighted by atomic mass is 19.3. The lowest BCUT2D eigenvalue weighted by molar-refractivity contribution is -0.0512. The normalized spacial score (nSPS) is 11.0. The van der Waals surface area contributed by atoms with Gasteiger partial charge in [-0.1, -0.05) is 18.2 Å². The summed E-state index contributed by atoms with van der Waals surface area (Å²) in [5.41, 5.74) is 2.70. The number of hydrogen-bond acceptors (Lipinski definition) is 4. The predicted octanol–water partition coefficient (Wildman–Crippen LogP) is 3.83. The number of para-hydroxylation sites is 2. The Kier molecular flexibility index (Phi) is 4.79. The Morgan fingerprint density at radius 3 is 2.75 bits per heavy atom. The second-order valence-corrected chi connectivity index (χ2v) is 5.14. The van der Waals surface area contributed by atoms with Crippen molar-refractivity contribution < 1.29 is 18.3 Å². The minimum absolute atomic E-state index is 0.0359. The van der Waals surface area contributed by atoms with Crippen LogP contribution in [0.1, 0.15) is 5.56 Å². The summed E-state index contributed by atoms with van der Waals surface area (Å²) in [6.07, 6.45) is 0.626. The van der Waals surface area contributed by atoms with Crippen molar-refractivity contribution in [2.24, 2.45) is 0 Å². The number of methoxy groups -OCH3 is 1. The number of rotatable bonds is 7. The molecular formula is C17H17F2N3O2. The maximum atomic E-state index is 12.4. The zero-order valence-corrected chi connectivity index (χ0v) is 13.1. The molecule has 3 aromatic rings. The summed E-state index contributed by atoms with van der Waals surface area (Å²) in [4.78, 5) is 7.59. The molecule has 0 aliphatic heterocycles. The molecule has 0 unspecified atom stereocenters. The van der Waals surface area contributed by atoms with Crippen LogP contribution in [0.15, 0.2) is 42.5 Å². The van der Waals surface area contributed by atoms with E-state index in [0.29, 0.717) is 18.9 Å². The van der Waals surface area contributed by atoms with Gasteiger partial charge in [0.15, 0.2) is 11.5 Å². The fourth-order valence-corrected chi connectivity index (χ4v) is 2.43. The zero-order chi connectivity index (χ0) is 16.9. The number of ether oxygens (including phenoxy) is 2. The molecule has 5 nitrogen and oxygen atoms in total. The molecule has 7 heteroatoms. The lowest BCUT2D eigenvalue weighted by Crippen LogP contribution is -2.07. The van der Waals surface area contributed by atoms with Gasteiger partial charge in [-0.3, -0.25) is 0 Å². The minimum Gasteiger partial charge on any atom is -0.493 e. The molecule has 0 aliphatic rings. The summed E-state index contributed by atoms with van der Waals surface area (Å²) < 4.78 is 34.4. The van der Waals surface area contributed by atoms with Crippen molar-refractivity contribution in [3.05, 3.63) is 48.0 Å². The number of benzene rings is 2. The van der Waals surface area contributed by atoms with Crippen LogP contribution in [0.2, 0.25) is 0 Å². The molecule has 126 valence electrons. The molecule has 0 radical (unpaired) electrons. The van der Waals surface area contributed by atoms with Gasteiger partial charge in [0.1, 0.15) is 0 Å². The number of nitrogens with one attached hydrogen (secondary N) is 2. The summed E-state index contributed by atoms with van der Waals surface area (Å²) >= 11 is 0. The third-order valence-corrected chi connectivity index (χ3v) is 3.54. The van der Waals surface area contributed by atoms with E-state index < -0.39 is 6.61 Å². The smallest absolute Gasteiger partial charge is 0.387 e. The number of hydrogen-bond donors (Lipinski definition) is 2. The van der Waals surface area contributed by atoms with E-state index in [1.54, 1.807) is 12.1 Å². The SMILES string of the molecule is COc1ccc(CCNc2nc3ccccc3[nH]2)cc1OC(F)F. The highest BCUT2D eigenvalue weighted by Gasteiger charge is 2.11. The monoisotopic (exact) mass is 333 g/mol. The van der Waals surface area contributed by atoms with Crippen molar-refractivity contribution in [1.29, 1.82) is 0 Å². The van der Waals surface area contributed by atoms with Crippen LogP contribution in [0.25, 0.3) is 11.0 Å². The van der Waals surface area contributed by atoms with Gasteiger partial charge in [0.2, 0.25) is 5.95 Å². The van der Waals surface area contributed by atoms with E-state index in [-0.39, 0.29) is 11.5 Å². The Balaban J connectivity index is 1.63. The van der Waals surface area contributed by atoms with Crippen molar-refractivity contribution >= 4 is 17.0 Å². The number of imidazole rings is 1. The van der Waals surface area contributed by atoms with Gasteiger partial charge in [-0.25, -0.2) is 4.98 Å². The highest BCUT2D eigenvalue weighted by Crippen LogP contribution is 2.29. The lowest BCUT2D eigenvalue weighted by atomic mass is 10.1. The summed E-state index contributed by atoms with van der Waals surface area (Å²) in [6, 6.07) is 12.7. The average molecular weight is 333 g/mol. The van der Waals surface area contributed by atoms with Crippen LogP contribution in [0.3, 0.4) is 0 Å². The molecule has 0 spiro atoms. The van der Waals surface area contributed by atoms with Crippen LogP contribution >= 0.6 is 0 Å². The molecule has 1 heterocycles. The molecule has 2 aromatic carbocycles. The van der Waals surface area contributed by atoms with E-state index in [0.717, 1.165) is 16.6 Å². The maximum Gasteiger partial charge on any atom is 0.387 e. The van der Waals surface area contributed by atoms with Crippen molar-refractivity contribution in [2.75, 3.05) is 19.0 Å². The largest absolute Gasteiger partial charge is 0.493 e. The maximum absolute atomic E-state index is 12.4. The van der Waals surface area contributed by atoms with Gasteiger partial charge in [0.25, 0.3) is 0 Å². The topological polar surface area (TPSA) is 59.2 Å². The van der Waals surface area contributed by atoms with Crippen molar-refractivity contribution in [1.82, 2.24) is 9.97 Å². The number of halogens is 2. The molecule has 3 rings (SSSR count). The highest BCUT2D eigenvalue weighted by molar-refractivity contribution is 5.77. The van der Waals surface area contributed by atoms with Gasteiger partial charge < -0.3 is 19.8 Å². The third-order valence-electron chi connectivity index (χ3n) is 3.54. The second kappa shape index (κ2) is 7.16. The van der Waals surface area contributed by atoms with Gasteiger partial charge in [-0.05, 0) is 36.2 Å². The summed E-state index contributed by atoms with van der Waals surface area (Å²) in [5.74, 6) is 0.992.